The van der Waals surface area contributed by atoms with Gasteiger partial charge < -0.3 is 9.64 Å². The Labute approximate surface area is 73.7 Å². The Morgan fingerprint density at radius 2 is 2.33 bits per heavy atom. The third-order valence-electron chi connectivity index (χ3n) is 1.49. The molecule has 0 fully saturated rings. The highest BCUT2D eigenvalue weighted by molar-refractivity contribution is 5.76. The summed E-state index contributed by atoms with van der Waals surface area (Å²) in [6.45, 7) is 1.00. The number of nitrogens with zero attached hydrogens (tertiary/aromatic N) is 1. The van der Waals surface area contributed by atoms with Crippen molar-refractivity contribution in [3.63, 3.8) is 0 Å². The molecule has 0 aromatic carbocycles. The van der Waals surface area contributed by atoms with Crippen LogP contribution in [0.25, 0.3) is 0 Å². The molecule has 68 valence electrons. The van der Waals surface area contributed by atoms with E-state index in [1.54, 1.807) is 14.2 Å². The van der Waals surface area contributed by atoms with E-state index < -0.39 is 0 Å². The Kier molecular flexibility index (Phi) is 6.12. The van der Waals surface area contributed by atoms with Crippen LogP contribution in [0.15, 0.2) is 0 Å². The van der Waals surface area contributed by atoms with Gasteiger partial charge in [0.15, 0.2) is 0 Å². The van der Waals surface area contributed by atoms with Crippen molar-refractivity contribution in [2.45, 2.75) is 12.8 Å². The summed E-state index contributed by atoms with van der Waals surface area (Å²) in [5.41, 5.74) is 0. The van der Waals surface area contributed by atoms with E-state index in [1.807, 2.05) is 0 Å². The molecule has 0 aliphatic heterocycles. The van der Waals surface area contributed by atoms with Crippen molar-refractivity contribution < 1.29 is 9.53 Å². The van der Waals surface area contributed by atoms with Gasteiger partial charge in [-0.2, -0.15) is 0 Å². The smallest absolute Gasteiger partial charge is 0.223 e. The number of rotatable bonds is 5. The van der Waals surface area contributed by atoms with E-state index in [0.717, 1.165) is 6.42 Å². The number of terminal acetylenes is 1. The number of methoxy groups -OCH3 is 1. The fraction of sp³-hybridized carbons (Fsp3) is 0.667. The topological polar surface area (TPSA) is 29.5 Å². The van der Waals surface area contributed by atoms with Crippen LogP contribution in [0.1, 0.15) is 12.8 Å². The second-order valence-electron chi connectivity index (χ2n) is 2.55. The maximum absolute atomic E-state index is 11.2. The Balaban J connectivity index is 3.51. The van der Waals surface area contributed by atoms with Gasteiger partial charge in [0.25, 0.3) is 0 Å². The van der Waals surface area contributed by atoms with Crippen LogP contribution >= 0.6 is 0 Å². The standard InChI is InChI=1S/C9H15NO2/c1-4-7-10(2)9(11)6-5-8-12-3/h1H,5-8H2,2-3H3. The number of hydrogen-bond donors (Lipinski definition) is 0. The van der Waals surface area contributed by atoms with Crippen molar-refractivity contribution in [2.75, 3.05) is 27.3 Å². The minimum Gasteiger partial charge on any atom is -0.385 e. The molecule has 1 amide bonds. The van der Waals surface area contributed by atoms with Crippen LogP contribution in [0.3, 0.4) is 0 Å². The second-order valence-corrected chi connectivity index (χ2v) is 2.55. The third-order valence-corrected chi connectivity index (χ3v) is 1.49. The summed E-state index contributed by atoms with van der Waals surface area (Å²) < 4.78 is 4.82. The highest BCUT2D eigenvalue weighted by Crippen LogP contribution is 1.94. The molecule has 0 N–H and O–H groups in total. The van der Waals surface area contributed by atoms with Crippen molar-refractivity contribution in [3.05, 3.63) is 0 Å². The molecule has 0 saturated heterocycles. The second kappa shape index (κ2) is 6.68. The van der Waals surface area contributed by atoms with Crippen LogP contribution in [0.4, 0.5) is 0 Å². The van der Waals surface area contributed by atoms with Gasteiger partial charge in [-0.3, -0.25) is 4.79 Å². The molecule has 0 aliphatic rings. The molecular weight excluding hydrogens is 154 g/mol. The van der Waals surface area contributed by atoms with Crippen molar-refractivity contribution in [1.82, 2.24) is 4.90 Å². The number of carbonyl (C=O) groups excluding carboxylic acids is 1. The maximum atomic E-state index is 11.2. The largest absolute Gasteiger partial charge is 0.385 e. The molecule has 0 aromatic heterocycles. The lowest BCUT2D eigenvalue weighted by Gasteiger charge is -2.12. The van der Waals surface area contributed by atoms with Gasteiger partial charge >= 0.3 is 0 Å². The number of ether oxygens (including phenoxy) is 1. The predicted molar refractivity (Wildman–Crippen MR) is 47.6 cm³/mol. The molecule has 0 unspecified atom stereocenters. The van der Waals surface area contributed by atoms with E-state index in [4.69, 9.17) is 11.2 Å². The number of hydrogen-bond acceptors (Lipinski definition) is 2. The van der Waals surface area contributed by atoms with Gasteiger partial charge in [0.05, 0.1) is 6.54 Å². The molecule has 0 bridgehead atoms. The van der Waals surface area contributed by atoms with Crippen molar-refractivity contribution >= 4 is 5.91 Å². The summed E-state index contributed by atoms with van der Waals surface area (Å²) in [4.78, 5) is 12.7. The monoisotopic (exact) mass is 169 g/mol. The lowest BCUT2D eigenvalue weighted by atomic mass is 10.3. The Morgan fingerprint density at radius 3 is 2.83 bits per heavy atom. The summed E-state index contributed by atoms with van der Waals surface area (Å²) in [6, 6.07) is 0. The van der Waals surface area contributed by atoms with Gasteiger partial charge in [0.2, 0.25) is 5.91 Å². The summed E-state index contributed by atoms with van der Waals surface area (Å²) in [5.74, 6) is 2.49. The zero-order chi connectivity index (χ0) is 9.40. The summed E-state index contributed by atoms with van der Waals surface area (Å²) in [5, 5.41) is 0. The fourth-order valence-corrected chi connectivity index (χ4v) is 0.784. The van der Waals surface area contributed by atoms with E-state index >= 15 is 0 Å². The van der Waals surface area contributed by atoms with Crippen LogP contribution in [-0.4, -0.2) is 38.1 Å². The molecule has 0 aliphatic carbocycles. The first-order valence-corrected chi connectivity index (χ1v) is 3.88. The molecule has 0 radical (unpaired) electrons. The predicted octanol–water partition coefficient (Wildman–Crippen LogP) is 0.505. The molecule has 0 atom stereocenters. The SMILES string of the molecule is C#CCN(C)C(=O)CCCOC. The number of amides is 1. The minimum absolute atomic E-state index is 0.0741. The van der Waals surface area contributed by atoms with Gasteiger partial charge in [0.1, 0.15) is 0 Å². The van der Waals surface area contributed by atoms with Crippen LogP contribution < -0.4 is 0 Å². The molecule has 0 saturated carbocycles. The summed E-state index contributed by atoms with van der Waals surface area (Å²) in [6.07, 6.45) is 6.31. The Hall–Kier alpha value is -1.01. The van der Waals surface area contributed by atoms with Crippen molar-refractivity contribution in [2.24, 2.45) is 0 Å². The van der Waals surface area contributed by atoms with Crippen LogP contribution in [0.5, 0.6) is 0 Å². The first kappa shape index (κ1) is 11.0. The summed E-state index contributed by atoms with van der Waals surface area (Å²) >= 11 is 0. The average molecular weight is 169 g/mol. The third kappa shape index (κ3) is 4.75. The highest BCUT2D eigenvalue weighted by Gasteiger charge is 2.05. The van der Waals surface area contributed by atoms with Gasteiger partial charge in [-0.05, 0) is 6.42 Å². The van der Waals surface area contributed by atoms with Crippen LogP contribution in [-0.2, 0) is 9.53 Å². The molecule has 12 heavy (non-hydrogen) atoms. The van der Waals surface area contributed by atoms with E-state index in [0.29, 0.717) is 19.6 Å². The maximum Gasteiger partial charge on any atom is 0.223 e. The highest BCUT2D eigenvalue weighted by atomic mass is 16.5. The van der Waals surface area contributed by atoms with Gasteiger partial charge in [-0.25, -0.2) is 0 Å². The number of carbonyl (C=O) groups is 1. The van der Waals surface area contributed by atoms with Crippen LogP contribution in [0.2, 0.25) is 0 Å². The molecule has 0 aromatic rings. The van der Waals surface area contributed by atoms with Gasteiger partial charge in [0, 0.05) is 27.2 Å². The molecule has 0 heterocycles. The Bertz CT molecular complexity index is 172. The quantitative estimate of drug-likeness (QED) is 0.443. The normalized spacial score (nSPS) is 9.08. The van der Waals surface area contributed by atoms with E-state index in [9.17, 15) is 4.79 Å². The molecule has 3 heteroatoms. The fourth-order valence-electron chi connectivity index (χ4n) is 0.784. The van der Waals surface area contributed by atoms with Crippen molar-refractivity contribution in [1.29, 1.82) is 0 Å². The van der Waals surface area contributed by atoms with E-state index in [1.165, 1.54) is 4.90 Å². The average Bonchev–Trinajstić information content (AvgIpc) is 2.05. The first-order chi connectivity index (χ1) is 5.72. The summed E-state index contributed by atoms with van der Waals surface area (Å²) in [7, 11) is 3.32. The van der Waals surface area contributed by atoms with E-state index in [2.05, 4.69) is 5.92 Å². The zero-order valence-electron chi connectivity index (χ0n) is 7.67. The molecule has 0 spiro atoms. The minimum atomic E-state index is 0.0741. The van der Waals surface area contributed by atoms with Crippen LogP contribution in [0, 0.1) is 12.3 Å². The van der Waals surface area contributed by atoms with E-state index in [-0.39, 0.29) is 5.91 Å². The Morgan fingerprint density at radius 1 is 1.67 bits per heavy atom. The zero-order valence-corrected chi connectivity index (χ0v) is 7.67. The molecule has 3 nitrogen and oxygen atoms in total. The van der Waals surface area contributed by atoms with Gasteiger partial charge in [-0.15, -0.1) is 6.42 Å². The lowest BCUT2D eigenvalue weighted by molar-refractivity contribution is -0.129. The molecular formula is C9H15NO2. The van der Waals surface area contributed by atoms with Gasteiger partial charge in [-0.1, -0.05) is 5.92 Å². The molecule has 0 rings (SSSR count). The van der Waals surface area contributed by atoms with Crippen molar-refractivity contribution in [3.8, 4) is 12.3 Å². The lowest BCUT2D eigenvalue weighted by Crippen LogP contribution is -2.26. The first-order valence-electron chi connectivity index (χ1n) is 3.88.